The van der Waals surface area contributed by atoms with Gasteiger partial charge in [0.05, 0.1) is 7.11 Å². The fraction of sp³-hybridized carbons (Fsp3) is 0.250. The van der Waals surface area contributed by atoms with Crippen molar-refractivity contribution < 1.29 is 13.7 Å². The zero-order valence-corrected chi connectivity index (χ0v) is 6.24. The lowest BCUT2D eigenvalue weighted by molar-refractivity contribution is -0.134. The Balaban J connectivity index is 3.71. The quantitative estimate of drug-likeness (QED) is 0.344. The Morgan fingerprint density at radius 2 is 2.33 bits per heavy atom. The molecule has 9 heavy (non-hydrogen) atoms. The molecule has 0 aliphatic heterocycles. The molecule has 0 heterocycles. The van der Waals surface area contributed by atoms with Gasteiger partial charge in [-0.15, -0.1) is 0 Å². The van der Waals surface area contributed by atoms with Crippen molar-refractivity contribution >= 4 is 26.7 Å². The summed E-state index contributed by atoms with van der Waals surface area (Å²) >= 11 is 0. The SMILES string of the molecule is COC(=O)/C=C\S(=O)Cl. The second-order valence-corrected chi connectivity index (χ2v) is 2.76. The number of hydrogen-bond donors (Lipinski definition) is 0. The molecule has 52 valence electrons. The summed E-state index contributed by atoms with van der Waals surface area (Å²) in [4.78, 5) is 10.2. The van der Waals surface area contributed by atoms with Gasteiger partial charge in [-0.1, -0.05) is 0 Å². The van der Waals surface area contributed by atoms with Crippen molar-refractivity contribution in [2.45, 2.75) is 0 Å². The molecule has 0 radical (unpaired) electrons. The minimum Gasteiger partial charge on any atom is -0.466 e. The summed E-state index contributed by atoms with van der Waals surface area (Å²) in [5, 5.41) is 1.04. The molecular weight excluding hydrogens is 164 g/mol. The number of esters is 1. The summed E-state index contributed by atoms with van der Waals surface area (Å²) < 4.78 is 14.2. The summed E-state index contributed by atoms with van der Waals surface area (Å²) in [5.74, 6) is -0.566. The van der Waals surface area contributed by atoms with Crippen LogP contribution in [0.5, 0.6) is 0 Å². The van der Waals surface area contributed by atoms with E-state index in [1.807, 2.05) is 0 Å². The van der Waals surface area contributed by atoms with Gasteiger partial charge in [-0.25, -0.2) is 9.00 Å². The summed E-state index contributed by atoms with van der Waals surface area (Å²) in [6.07, 6.45) is 1.00. The van der Waals surface area contributed by atoms with Crippen LogP contribution < -0.4 is 0 Å². The predicted molar refractivity (Wildman–Crippen MR) is 35.2 cm³/mol. The van der Waals surface area contributed by atoms with Crippen LogP contribution in [-0.4, -0.2) is 17.3 Å². The minimum atomic E-state index is -1.60. The molecule has 0 aliphatic carbocycles. The van der Waals surface area contributed by atoms with E-state index in [9.17, 15) is 9.00 Å². The number of rotatable bonds is 2. The fourth-order valence-electron chi connectivity index (χ4n) is 0.177. The molecule has 0 amide bonds. The molecule has 0 bridgehead atoms. The van der Waals surface area contributed by atoms with Gasteiger partial charge in [0.1, 0.15) is 10.0 Å². The van der Waals surface area contributed by atoms with Crippen molar-refractivity contribution in [3.8, 4) is 0 Å². The maximum atomic E-state index is 10.2. The van der Waals surface area contributed by atoms with E-state index in [1.165, 1.54) is 7.11 Å². The lowest BCUT2D eigenvalue weighted by Gasteiger charge is -1.85. The van der Waals surface area contributed by atoms with Gasteiger partial charge in [0.2, 0.25) is 0 Å². The van der Waals surface area contributed by atoms with Gasteiger partial charge in [-0.3, -0.25) is 0 Å². The van der Waals surface area contributed by atoms with Crippen LogP contribution in [0.1, 0.15) is 0 Å². The minimum absolute atomic E-state index is 0.566. The highest BCUT2D eigenvalue weighted by Crippen LogP contribution is 1.89. The van der Waals surface area contributed by atoms with E-state index < -0.39 is 16.0 Å². The molecule has 0 aromatic carbocycles. The molecule has 0 spiro atoms. The third-order valence-corrected chi connectivity index (χ3v) is 1.17. The number of ether oxygens (including phenoxy) is 1. The molecule has 0 aromatic rings. The average Bonchev–Trinajstić information content (AvgIpc) is 1.83. The molecule has 3 nitrogen and oxygen atoms in total. The molecule has 0 aliphatic rings. The van der Waals surface area contributed by atoms with Crippen LogP contribution in [0.2, 0.25) is 0 Å². The summed E-state index contributed by atoms with van der Waals surface area (Å²) in [7, 11) is 4.59. The maximum absolute atomic E-state index is 10.2. The van der Waals surface area contributed by atoms with Gasteiger partial charge >= 0.3 is 5.97 Å². The Morgan fingerprint density at radius 3 is 2.67 bits per heavy atom. The van der Waals surface area contributed by atoms with Crippen molar-refractivity contribution in [3.05, 3.63) is 11.5 Å². The molecular formula is C4H5ClO3S. The molecule has 0 saturated heterocycles. The van der Waals surface area contributed by atoms with Crippen LogP contribution in [0, 0.1) is 0 Å². The Morgan fingerprint density at radius 1 is 1.78 bits per heavy atom. The molecule has 5 heteroatoms. The van der Waals surface area contributed by atoms with Gasteiger partial charge in [0.15, 0.2) is 0 Å². The Labute approximate surface area is 59.6 Å². The van der Waals surface area contributed by atoms with E-state index in [2.05, 4.69) is 4.74 Å². The van der Waals surface area contributed by atoms with E-state index in [-0.39, 0.29) is 0 Å². The van der Waals surface area contributed by atoms with Crippen LogP contribution in [0.25, 0.3) is 0 Å². The zero-order chi connectivity index (χ0) is 7.28. The first-order chi connectivity index (χ1) is 4.16. The van der Waals surface area contributed by atoms with Crippen LogP contribution in [0.4, 0.5) is 0 Å². The normalized spacial score (nSPS) is 13.6. The van der Waals surface area contributed by atoms with Crippen LogP contribution in [-0.2, 0) is 19.5 Å². The number of carbonyl (C=O) groups excluding carboxylic acids is 1. The fourth-order valence-corrected chi connectivity index (χ4v) is 0.549. The molecule has 1 unspecified atom stereocenters. The molecule has 1 atom stereocenters. The summed E-state index contributed by atoms with van der Waals surface area (Å²) in [6.45, 7) is 0. The number of carbonyl (C=O) groups is 1. The van der Waals surface area contributed by atoms with E-state index >= 15 is 0 Å². The first-order valence-electron chi connectivity index (χ1n) is 2.00. The van der Waals surface area contributed by atoms with Crippen LogP contribution in [0.15, 0.2) is 11.5 Å². The third-order valence-electron chi connectivity index (χ3n) is 0.512. The molecule has 0 saturated carbocycles. The zero-order valence-electron chi connectivity index (χ0n) is 4.67. The Bertz CT molecular complexity index is 154. The maximum Gasteiger partial charge on any atom is 0.331 e. The Hall–Kier alpha value is -0.350. The molecule has 0 rings (SSSR count). The van der Waals surface area contributed by atoms with Gasteiger partial charge in [-0.05, 0) is 10.7 Å². The van der Waals surface area contributed by atoms with Gasteiger partial charge < -0.3 is 4.74 Å². The highest BCUT2D eigenvalue weighted by Gasteiger charge is 1.90. The van der Waals surface area contributed by atoms with Crippen LogP contribution in [0.3, 0.4) is 0 Å². The Kier molecular flexibility index (Phi) is 4.35. The van der Waals surface area contributed by atoms with Crippen molar-refractivity contribution in [2.75, 3.05) is 7.11 Å². The van der Waals surface area contributed by atoms with E-state index in [4.69, 9.17) is 10.7 Å². The van der Waals surface area contributed by atoms with E-state index in [1.54, 1.807) is 0 Å². The second-order valence-electron chi connectivity index (χ2n) is 1.07. The number of hydrogen-bond acceptors (Lipinski definition) is 3. The predicted octanol–water partition coefficient (Wildman–Crippen LogP) is 0.576. The number of halogens is 1. The highest BCUT2D eigenvalue weighted by atomic mass is 35.7. The smallest absolute Gasteiger partial charge is 0.331 e. The second kappa shape index (κ2) is 4.52. The monoisotopic (exact) mass is 168 g/mol. The summed E-state index contributed by atoms with van der Waals surface area (Å²) in [6, 6.07) is 0. The molecule has 0 N–H and O–H groups in total. The van der Waals surface area contributed by atoms with Gasteiger partial charge in [0, 0.05) is 11.5 Å². The average molecular weight is 169 g/mol. The van der Waals surface area contributed by atoms with Crippen molar-refractivity contribution in [1.29, 1.82) is 0 Å². The standard InChI is InChI=1S/C4H5ClO3S/c1-8-4(6)2-3-9(5)7/h2-3H,1H3/b3-2-. The van der Waals surface area contributed by atoms with Gasteiger partial charge in [0.25, 0.3) is 0 Å². The van der Waals surface area contributed by atoms with Crippen molar-refractivity contribution in [2.24, 2.45) is 0 Å². The van der Waals surface area contributed by atoms with Crippen molar-refractivity contribution in [3.63, 3.8) is 0 Å². The summed E-state index contributed by atoms with van der Waals surface area (Å²) in [5.41, 5.74) is 0. The van der Waals surface area contributed by atoms with Crippen LogP contribution >= 0.6 is 10.7 Å². The first-order valence-corrected chi connectivity index (χ1v) is 4.03. The van der Waals surface area contributed by atoms with E-state index in [0.717, 1.165) is 11.5 Å². The number of methoxy groups -OCH3 is 1. The third kappa shape index (κ3) is 5.52. The topological polar surface area (TPSA) is 43.4 Å². The largest absolute Gasteiger partial charge is 0.466 e. The lowest BCUT2D eigenvalue weighted by Crippen LogP contribution is -1.93. The molecule has 0 aromatic heterocycles. The first kappa shape index (κ1) is 8.65. The van der Waals surface area contributed by atoms with Gasteiger partial charge in [-0.2, -0.15) is 0 Å². The molecule has 0 fully saturated rings. The van der Waals surface area contributed by atoms with E-state index in [0.29, 0.717) is 0 Å². The lowest BCUT2D eigenvalue weighted by atomic mass is 10.7. The highest BCUT2D eigenvalue weighted by molar-refractivity contribution is 8.10. The van der Waals surface area contributed by atoms with Crippen molar-refractivity contribution in [1.82, 2.24) is 0 Å².